The van der Waals surface area contributed by atoms with Crippen LogP contribution in [0.3, 0.4) is 0 Å². The van der Waals surface area contributed by atoms with Crippen molar-refractivity contribution in [3.8, 4) is 11.5 Å². The topological polar surface area (TPSA) is 63.4 Å². The van der Waals surface area contributed by atoms with Gasteiger partial charge in [-0.3, -0.25) is 14.2 Å². The van der Waals surface area contributed by atoms with E-state index in [4.69, 9.17) is 4.98 Å². The molecule has 7 heteroatoms. The second kappa shape index (κ2) is 9.17. The SMILES string of the molecule is O=C(CCn1c2c(c3ccccc31)CCn1c-2nc2ccccc2c1=O)N1CCN(c2ccccc2)CC1. The normalized spacial score (nSPS) is 15.1. The van der Waals surface area contributed by atoms with Crippen molar-refractivity contribution in [2.75, 3.05) is 31.1 Å². The van der Waals surface area contributed by atoms with Gasteiger partial charge < -0.3 is 14.4 Å². The largest absolute Gasteiger partial charge is 0.368 e. The molecule has 1 fully saturated rings. The zero-order valence-electron chi connectivity index (χ0n) is 21.2. The highest BCUT2D eigenvalue weighted by Crippen LogP contribution is 2.36. The fourth-order valence-electron chi connectivity index (χ4n) is 6.11. The van der Waals surface area contributed by atoms with Crippen molar-refractivity contribution < 1.29 is 4.79 Å². The maximum absolute atomic E-state index is 13.4. The van der Waals surface area contributed by atoms with Gasteiger partial charge in [0.2, 0.25) is 5.91 Å². The molecule has 0 atom stereocenters. The summed E-state index contributed by atoms with van der Waals surface area (Å²) in [5.41, 5.74) is 5.20. The number of benzene rings is 3. The van der Waals surface area contributed by atoms with Gasteiger partial charge in [0.15, 0.2) is 5.82 Å². The molecule has 0 radical (unpaired) electrons. The first-order chi connectivity index (χ1) is 18.7. The highest BCUT2D eigenvalue weighted by molar-refractivity contribution is 5.92. The second-order valence-corrected chi connectivity index (χ2v) is 10.1. The van der Waals surface area contributed by atoms with Crippen LogP contribution < -0.4 is 10.5 Å². The fourth-order valence-corrected chi connectivity index (χ4v) is 6.11. The number of aromatic nitrogens is 3. The van der Waals surface area contributed by atoms with E-state index in [-0.39, 0.29) is 11.5 Å². The number of carbonyl (C=O) groups excluding carboxylic acids is 1. The van der Waals surface area contributed by atoms with Gasteiger partial charge in [0.25, 0.3) is 5.56 Å². The van der Waals surface area contributed by atoms with E-state index >= 15 is 0 Å². The first kappa shape index (κ1) is 22.8. The van der Waals surface area contributed by atoms with Crippen LogP contribution in [0.5, 0.6) is 0 Å². The Bertz CT molecular complexity index is 1730. The molecule has 7 nitrogen and oxygen atoms in total. The molecule has 2 aliphatic heterocycles. The van der Waals surface area contributed by atoms with Gasteiger partial charge in [-0.15, -0.1) is 0 Å². The summed E-state index contributed by atoms with van der Waals surface area (Å²) in [6.45, 7) is 4.29. The number of carbonyl (C=O) groups is 1. The van der Waals surface area contributed by atoms with Gasteiger partial charge in [0.05, 0.1) is 16.6 Å². The predicted molar refractivity (Wildman–Crippen MR) is 150 cm³/mol. The van der Waals surface area contributed by atoms with Crippen LogP contribution in [0.15, 0.2) is 83.7 Å². The van der Waals surface area contributed by atoms with Crippen LogP contribution in [0.2, 0.25) is 0 Å². The first-order valence-electron chi connectivity index (χ1n) is 13.4. The fraction of sp³-hybridized carbons (Fsp3) is 0.258. The number of anilines is 1. The third kappa shape index (κ3) is 3.69. The number of hydrogen-bond acceptors (Lipinski definition) is 4. The van der Waals surface area contributed by atoms with Crippen molar-refractivity contribution in [3.05, 3.63) is 94.8 Å². The molecule has 2 aromatic heterocycles. The van der Waals surface area contributed by atoms with Crippen LogP contribution in [0.25, 0.3) is 33.3 Å². The smallest absolute Gasteiger partial charge is 0.261 e. The number of amides is 1. The highest BCUT2D eigenvalue weighted by Gasteiger charge is 2.28. The number of rotatable bonds is 4. The quantitative estimate of drug-likeness (QED) is 0.367. The number of hydrogen-bond donors (Lipinski definition) is 0. The number of nitrogens with zero attached hydrogens (tertiary/aromatic N) is 5. The minimum absolute atomic E-state index is 0.000388. The predicted octanol–water partition coefficient (Wildman–Crippen LogP) is 4.31. The summed E-state index contributed by atoms with van der Waals surface area (Å²) in [5.74, 6) is 0.874. The molecule has 0 unspecified atom stereocenters. The minimum atomic E-state index is 0.000388. The Morgan fingerprint density at radius 2 is 1.50 bits per heavy atom. The number of fused-ring (bicyclic) bond motifs is 6. The van der Waals surface area contributed by atoms with E-state index in [1.807, 2.05) is 45.9 Å². The van der Waals surface area contributed by atoms with E-state index in [1.165, 1.54) is 16.6 Å². The summed E-state index contributed by atoms with van der Waals surface area (Å²) in [7, 11) is 0. The molecule has 0 N–H and O–H groups in total. The molecule has 4 heterocycles. The van der Waals surface area contributed by atoms with Crippen molar-refractivity contribution in [2.24, 2.45) is 0 Å². The molecule has 0 saturated carbocycles. The third-order valence-corrected chi connectivity index (χ3v) is 8.04. The number of aryl methyl sites for hydroxylation is 2. The molecule has 0 spiro atoms. The lowest BCUT2D eigenvalue weighted by molar-refractivity contribution is -0.131. The molecule has 190 valence electrons. The maximum atomic E-state index is 13.4. The molecule has 3 aromatic carbocycles. The van der Waals surface area contributed by atoms with E-state index in [1.54, 1.807) is 0 Å². The van der Waals surface area contributed by atoms with Crippen LogP contribution in [-0.2, 0) is 24.3 Å². The Kier molecular flexibility index (Phi) is 5.50. The average Bonchev–Trinajstić information content (AvgIpc) is 3.30. The first-order valence-corrected chi connectivity index (χ1v) is 13.4. The van der Waals surface area contributed by atoms with Crippen molar-refractivity contribution in [1.82, 2.24) is 19.0 Å². The molecule has 2 aliphatic rings. The summed E-state index contributed by atoms with van der Waals surface area (Å²) < 4.78 is 4.03. The van der Waals surface area contributed by atoms with Crippen molar-refractivity contribution in [2.45, 2.75) is 25.9 Å². The minimum Gasteiger partial charge on any atom is -0.368 e. The van der Waals surface area contributed by atoms with Gasteiger partial charge in [-0.1, -0.05) is 48.5 Å². The van der Waals surface area contributed by atoms with Crippen LogP contribution in [0.1, 0.15) is 12.0 Å². The van der Waals surface area contributed by atoms with Crippen LogP contribution in [0.4, 0.5) is 5.69 Å². The second-order valence-electron chi connectivity index (χ2n) is 10.1. The molecule has 38 heavy (non-hydrogen) atoms. The summed E-state index contributed by atoms with van der Waals surface area (Å²) in [5, 5.41) is 1.83. The van der Waals surface area contributed by atoms with Gasteiger partial charge in [0.1, 0.15) is 0 Å². The summed E-state index contributed by atoms with van der Waals surface area (Å²) >= 11 is 0. The van der Waals surface area contributed by atoms with Crippen LogP contribution in [0, 0.1) is 0 Å². The molecule has 1 saturated heterocycles. The van der Waals surface area contributed by atoms with E-state index in [9.17, 15) is 9.59 Å². The van der Waals surface area contributed by atoms with E-state index < -0.39 is 0 Å². The van der Waals surface area contributed by atoms with Crippen molar-refractivity contribution in [1.29, 1.82) is 0 Å². The molecule has 0 aliphatic carbocycles. The summed E-state index contributed by atoms with van der Waals surface area (Å²) in [6.07, 6.45) is 1.18. The lowest BCUT2D eigenvalue weighted by Crippen LogP contribution is -2.49. The van der Waals surface area contributed by atoms with Crippen LogP contribution >= 0.6 is 0 Å². The Labute approximate surface area is 220 Å². The Morgan fingerprint density at radius 1 is 0.789 bits per heavy atom. The van der Waals surface area contributed by atoms with Gasteiger partial charge in [0, 0.05) is 62.3 Å². The molecule has 1 amide bonds. The van der Waals surface area contributed by atoms with Gasteiger partial charge in [-0.25, -0.2) is 4.98 Å². The zero-order chi connectivity index (χ0) is 25.6. The average molecular weight is 504 g/mol. The maximum Gasteiger partial charge on any atom is 0.261 e. The Balaban J connectivity index is 1.19. The van der Waals surface area contributed by atoms with Gasteiger partial charge >= 0.3 is 0 Å². The Morgan fingerprint density at radius 3 is 2.32 bits per heavy atom. The van der Waals surface area contributed by atoms with Crippen molar-refractivity contribution >= 4 is 33.4 Å². The van der Waals surface area contributed by atoms with E-state index in [0.717, 1.165) is 43.8 Å². The summed E-state index contributed by atoms with van der Waals surface area (Å²) in [6, 6.07) is 26.3. The lowest BCUT2D eigenvalue weighted by Gasteiger charge is -2.36. The molecule has 0 bridgehead atoms. The highest BCUT2D eigenvalue weighted by atomic mass is 16.2. The van der Waals surface area contributed by atoms with Crippen molar-refractivity contribution in [3.63, 3.8) is 0 Å². The van der Waals surface area contributed by atoms with Gasteiger partial charge in [-0.2, -0.15) is 0 Å². The third-order valence-electron chi connectivity index (χ3n) is 8.04. The van der Waals surface area contributed by atoms with E-state index in [0.29, 0.717) is 36.2 Å². The molecule has 7 rings (SSSR count). The standard InChI is InChI=1S/C31H29N5O2/c37-28(34-20-18-33(19-21-34)22-8-2-1-3-9-22)15-17-35-27-13-7-5-10-23(27)24-14-16-36-30(29(24)35)32-26-12-6-4-11-25(26)31(36)38/h1-13H,14-21H2. The molecular weight excluding hydrogens is 474 g/mol. The van der Waals surface area contributed by atoms with E-state index in [2.05, 4.69) is 51.9 Å². The lowest BCUT2D eigenvalue weighted by atomic mass is 10.0. The van der Waals surface area contributed by atoms with Gasteiger partial charge in [-0.05, 0) is 42.3 Å². The monoisotopic (exact) mass is 503 g/mol. The Hall–Kier alpha value is -4.39. The zero-order valence-corrected chi connectivity index (χ0v) is 21.2. The molecular formula is C31H29N5O2. The summed E-state index contributed by atoms with van der Waals surface area (Å²) in [4.78, 5) is 36.0. The van der Waals surface area contributed by atoms with Crippen LogP contribution in [-0.4, -0.2) is 51.1 Å². The number of piperazine rings is 1. The molecule has 5 aromatic rings. The number of para-hydroxylation sites is 3.